The third-order valence-electron chi connectivity index (χ3n) is 5.45. The topological polar surface area (TPSA) is 68.0 Å². The summed E-state index contributed by atoms with van der Waals surface area (Å²) in [6.07, 6.45) is 11.5. The highest BCUT2D eigenvalue weighted by Crippen LogP contribution is 2.22. The molecular formula is C22H37N3O3. The predicted molar refractivity (Wildman–Crippen MR) is 112 cm³/mol. The van der Waals surface area contributed by atoms with Crippen molar-refractivity contribution in [3.8, 4) is 0 Å². The Labute approximate surface area is 169 Å². The zero-order valence-electron chi connectivity index (χ0n) is 17.5. The van der Waals surface area contributed by atoms with E-state index in [0.717, 1.165) is 69.9 Å². The Morgan fingerprint density at radius 3 is 2.75 bits per heavy atom. The molecule has 0 spiro atoms. The summed E-state index contributed by atoms with van der Waals surface area (Å²) in [4.78, 5) is 4.84. The molecule has 1 unspecified atom stereocenters. The number of rotatable bonds is 8. The van der Waals surface area contributed by atoms with Gasteiger partial charge in [-0.3, -0.25) is 4.99 Å². The van der Waals surface area contributed by atoms with E-state index in [2.05, 4.69) is 24.5 Å². The van der Waals surface area contributed by atoms with Crippen molar-refractivity contribution in [1.29, 1.82) is 0 Å². The summed E-state index contributed by atoms with van der Waals surface area (Å²) < 4.78 is 17.2. The third-order valence-corrected chi connectivity index (χ3v) is 5.45. The number of hydrogen-bond acceptors (Lipinski definition) is 4. The molecule has 2 heterocycles. The molecule has 2 aliphatic rings. The van der Waals surface area contributed by atoms with Crippen LogP contribution in [-0.4, -0.2) is 50.0 Å². The fraction of sp³-hybridized carbons (Fsp3) is 0.773. The third kappa shape index (κ3) is 7.47. The standard InChI is InChI=1S/C22H37N3O3/c1-17(2)28-20-10-8-18(9-11-20)25-22(23-13-12-19-7-5-15-26-19)24-16-21-6-3-4-14-27-21/h5,7,15,17-18,20-21H,3-4,6,8-14,16H2,1-2H3,(H2,23,24,25). The van der Waals surface area contributed by atoms with Crippen LogP contribution in [0.15, 0.2) is 27.8 Å². The Bertz CT molecular complexity index is 560. The molecule has 3 rings (SSSR count). The quantitative estimate of drug-likeness (QED) is 0.523. The Morgan fingerprint density at radius 1 is 1.21 bits per heavy atom. The van der Waals surface area contributed by atoms with E-state index in [1.54, 1.807) is 6.26 Å². The van der Waals surface area contributed by atoms with Crippen molar-refractivity contribution < 1.29 is 13.9 Å². The van der Waals surface area contributed by atoms with E-state index >= 15 is 0 Å². The van der Waals surface area contributed by atoms with Gasteiger partial charge in [0.2, 0.25) is 0 Å². The molecular weight excluding hydrogens is 354 g/mol. The molecule has 1 saturated carbocycles. The largest absolute Gasteiger partial charge is 0.469 e. The van der Waals surface area contributed by atoms with Crippen molar-refractivity contribution in [2.24, 2.45) is 4.99 Å². The summed E-state index contributed by atoms with van der Waals surface area (Å²) >= 11 is 0. The van der Waals surface area contributed by atoms with Gasteiger partial charge in [-0.1, -0.05) is 0 Å². The molecule has 158 valence electrons. The summed E-state index contributed by atoms with van der Waals surface area (Å²) in [6, 6.07) is 4.40. The molecule has 1 aliphatic heterocycles. The summed E-state index contributed by atoms with van der Waals surface area (Å²) in [6.45, 7) is 6.63. The van der Waals surface area contributed by atoms with Crippen LogP contribution in [0.3, 0.4) is 0 Å². The lowest BCUT2D eigenvalue weighted by Gasteiger charge is -2.31. The van der Waals surface area contributed by atoms with Gasteiger partial charge in [-0.25, -0.2) is 0 Å². The van der Waals surface area contributed by atoms with Gasteiger partial charge in [-0.15, -0.1) is 0 Å². The van der Waals surface area contributed by atoms with Gasteiger partial charge in [0.1, 0.15) is 5.76 Å². The van der Waals surface area contributed by atoms with Crippen molar-refractivity contribution in [2.45, 2.75) is 89.6 Å². The van der Waals surface area contributed by atoms with E-state index in [1.165, 1.54) is 12.8 Å². The molecule has 1 atom stereocenters. The van der Waals surface area contributed by atoms with Crippen LogP contribution in [0, 0.1) is 0 Å². The molecule has 1 saturated heterocycles. The van der Waals surface area contributed by atoms with Crippen LogP contribution in [0.25, 0.3) is 0 Å². The zero-order valence-corrected chi connectivity index (χ0v) is 17.5. The molecule has 0 aromatic carbocycles. The average Bonchev–Trinajstić information content (AvgIpc) is 3.21. The Balaban J connectivity index is 1.48. The van der Waals surface area contributed by atoms with Crippen molar-refractivity contribution in [3.63, 3.8) is 0 Å². The fourth-order valence-electron chi connectivity index (χ4n) is 3.98. The number of hydrogen-bond donors (Lipinski definition) is 2. The summed E-state index contributed by atoms with van der Waals surface area (Å²) in [5.74, 6) is 1.89. The van der Waals surface area contributed by atoms with Crippen LogP contribution >= 0.6 is 0 Å². The van der Waals surface area contributed by atoms with Gasteiger partial charge >= 0.3 is 0 Å². The minimum absolute atomic E-state index is 0.257. The molecule has 0 radical (unpaired) electrons. The molecule has 6 heteroatoms. The van der Waals surface area contributed by atoms with Gasteiger partial charge < -0.3 is 24.5 Å². The number of guanidine groups is 1. The number of aliphatic imine (C=N–C) groups is 1. The van der Waals surface area contributed by atoms with Crippen molar-refractivity contribution >= 4 is 5.96 Å². The molecule has 2 fully saturated rings. The van der Waals surface area contributed by atoms with Crippen LogP contribution in [0.2, 0.25) is 0 Å². The minimum atomic E-state index is 0.257. The maximum Gasteiger partial charge on any atom is 0.191 e. The SMILES string of the molecule is CC(C)OC1CCC(NC(=NCC2CCCCO2)NCCc2ccco2)CC1. The van der Waals surface area contributed by atoms with Gasteiger partial charge in [0.15, 0.2) is 5.96 Å². The maximum atomic E-state index is 5.98. The average molecular weight is 392 g/mol. The molecule has 6 nitrogen and oxygen atoms in total. The van der Waals surface area contributed by atoms with Crippen molar-refractivity contribution in [2.75, 3.05) is 19.7 Å². The van der Waals surface area contributed by atoms with Crippen LogP contribution in [0.1, 0.15) is 64.6 Å². The Morgan fingerprint density at radius 2 is 2.07 bits per heavy atom. The molecule has 28 heavy (non-hydrogen) atoms. The van der Waals surface area contributed by atoms with Gasteiger partial charge in [0, 0.05) is 25.6 Å². The lowest BCUT2D eigenvalue weighted by molar-refractivity contribution is -0.0152. The highest BCUT2D eigenvalue weighted by molar-refractivity contribution is 5.80. The Hall–Kier alpha value is -1.53. The van der Waals surface area contributed by atoms with Gasteiger partial charge in [-0.05, 0) is 70.9 Å². The zero-order chi connectivity index (χ0) is 19.6. The van der Waals surface area contributed by atoms with Gasteiger partial charge in [0.05, 0.1) is 31.1 Å². The lowest BCUT2D eigenvalue weighted by Crippen LogP contribution is -2.46. The number of ether oxygens (including phenoxy) is 2. The van der Waals surface area contributed by atoms with Gasteiger partial charge in [0.25, 0.3) is 0 Å². The molecule has 1 aromatic rings. The smallest absolute Gasteiger partial charge is 0.191 e. The molecule has 0 bridgehead atoms. The number of furan rings is 1. The fourth-order valence-corrected chi connectivity index (χ4v) is 3.98. The molecule has 2 N–H and O–H groups in total. The van der Waals surface area contributed by atoms with E-state index in [-0.39, 0.29) is 6.10 Å². The first-order valence-corrected chi connectivity index (χ1v) is 11.0. The van der Waals surface area contributed by atoms with E-state index in [4.69, 9.17) is 18.9 Å². The normalized spacial score (nSPS) is 26.4. The van der Waals surface area contributed by atoms with Crippen LogP contribution in [-0.2, 0) is 15.9 Å². The van der Waals surface area contributed by atoms with Gasteiger partial charge in [-0.2, -0.15) is 0 Å². The second-order valence-corrected chi connectivity index (χ2v) is 8.24. The second kappa shape index (κ2) is 11.5. The van der Waals surface area contributed by atoms with E-state index in [9.17, 15) is 0 Å². The summed E-state index contributed by atoms with van der Waals surface area (Å²) in [7, 11) is 0. The second-order valence-electron chi connectivity index (χ2n) is 8.24. The first-order valence-electron chi connectivity index (χ1n) is 11.0. The molecule has 1 aromatic heterocycles. The lowest BCUT2D eigenvalue weighted by atomic mass is 9.93. The van der Waals surface area contributed by atoms with Crippen LogP contribution in [0.5, 0.6) is 0 Å². The van der Waals surface area contributed by atoms with Crippen molar-refractivity contribution in [1.82, 2.24) is 10.6 Å². The highest BCUT2D eigenvalue weighted by atomic mass is 16.5. The van der Waals surface area contributed by atoms with E-state index in [0.29, 0.717) is 18.2 Å². The van der Waals surface area contributed by atoms with E-state index < -0.39 is 0 Å². The predicted octanol–water partition coefficient (Wildman–Crippen LogP) is 3.66. The van der Waals surface area contributed by atoms with Crippen molar-refractivity contribution in [3.05, 3.63) is 24.2 Å². The maximum absolute atomic E-state index is 5.98. The summed E-state index contributed by atoms with van der Waals surface area (Å²) in [5.41, 5.74) is 0. The number of nitrogens with one attached hydrogen (secondary N) is 2. The molecule has 0 amide bonds. The highest BCUT2D eigenvalue weighted by Gasteiger charge is 2.23. The first kappa shape index (κ1) is 21.2. The van der Waals surface area contributed by atoms with E-state index in [1.807, 2.05) is 12.1 Å². The monoisotopic (exact) mass is 391 g/mol. The van der Waals surface area contributed by atoms with Crippen LogP contribution < -0.4 is 10.6 Å². The minimum Gasteiger partial charge on any atom is -0.469 e. The number of nitrogens with zero attached hydrogens (tertiary/aromatic N) is 1. The van der Waals surface area contributed by atoms with Crippen LogP contribution in [0.4, 0.5) is 0 Å². The molecule has 1 aliphatic carbocycles. The summed E-state index contributed by atoms with van der Waals surface area (Å²) in [5, 5.41) is 7.13. The Kier molecular flexibility index (Phi) is 8.68. The first-order chi connectivity index (χ1) is 13.7.